The van der Waals surface area contributed by atoms with E-state index in [0.29, 0.717) is 55.2 Å². The van der Waals surface area contributed by atoms with Crippen LogP contribution in [0.4, 0.5) is 13.2 Å². The number of nitrogens with one attached hydrogen (secondary N) is 1. The molecule has 0 radical (unpaired) electrons. The average Bonchev–Trinajstić information content (AvgIpc) is 3.24. The van der Waals surface area contributed by atoms with Crippen LogP contribution in [0.25, 0.3) is 11.5 Å². The number of alkyl halides is 3. The van der Waals surface area contributed by atoms with E-state index in [1.54, 1.807) is 26.8 Å². The van der Waals surface area contributed by atoms with Crippen LogP contribution in [0.5, 0.6) is 5.75 Å². The van der Waals surface area contributed by atoms with Crippen LogP contribution in [0.1, 0.15) is 48.4 Å². The predicted molar refractivity (Wildman–Crippen MR) is 138 cm³/mol. The third-order valence-corrected chi connectivity index (χ3v) is 5.44. The molecule has 2 N–H and O–H groups in total. The van der Waals surface area contributed by atoms with Crippen molar-refractivity contribution in [2.45, 2.75) is 58.9 Å². The molecule has 0 aliphatic heterocycles. The summed E-state index contributed by atoms with van der Waals surface area (Å²) < 4.78 is 54.1. The van der Waals surface area contributed by atoms with Crippen molar-refractivity contribution in [2.24, 2.45) is 0 Å². The topological polar surface area (TPSA) is 111 Å². The summed E-state index contributed by atoms with van der Waals surface area (Å²) in [5.41, 5.74) is 2.33. The standard InChI is InChI=1S/C24H25F3N2O4.C4H8O2/c1-15-21(29-23(33-15)17-3-7-19(8-4-17)24(25,26)27)11-12-32-20-9-5-16(6-10-22(30)31)18(13-20)14-28-2;1-4(2)6-3-5/h3-5,7-9,13,28H,6,10-12,14H2,1-2H3,(H,30,31);3-4H,1-2H3. The molecule has 1 aromatic heterocycles. The van der Waals surface area contributed by atoms with Gasteiger partial charge < -0.3 is 24.3 Å². The summed E-state index contributed by atoms with van der Waals surface area (Å²) in [5.74, 6) is 0.650. The molecule has 0 amide bonds. The summed E-state index contributed by atoms with van der Waals surface area (Å²) in [6.07, 6.45) is -3.41. The second-order valence-electron chi connectivity index (χ2n) is 8.83. The molecule has 0 bridgehead atoms. The van der Waals surface area contributed by atoms with E-state index in [0.717, 1.165) is 23.3 Å². The highest BCUT2D eigenvalue weighted by Crippen LogP contribution is 2.31. The summed E-state index contributed by atoms with van der Waals surface area (Å²) in [6.45, 7) is 6.71. The van der Waals surface area contributed by atoms with E-state index in [9.17, 15) is 22.8 Å². The van der Waals surface area contributed by atoms with E-state index in [1.165, 1.54) is 12.1 Å². The molecule has 0 spiro atoms. The lowest BCUT2D eigenvalue weighted by molar-refractivity contribution is -0.138. The van der Waals surface area contributed by atoms with Crippen molar-refractivity contribution < 1.29 is 41.8 Å². The van der Waals surface area contributed by atoms with Crippen LogP contribution in [0.2, 0.25) is 0 Å². The van der Waals surface area contributed by atoms with E-state index < -0.39 is 17.7 Å². The minimum atomic E-state index is -4.39. The number of ether oxygens (including phenoxy) is 2. The molecule has 212 valence electrons. The molecule has 3 rings (SSSR count). The minimum absolute atomic E-state index is 0.0301. The van der Waals surface area contributed by atoms with Crippen molar-refractivity contribution in [1.82, 2.24) is 10.3 Å². The van der Waals surface area contributed by atoms with Crippen LogP contribution in [-0.4, -0.2) is 42.3 Å². The molecule has 0 unspecified atom stereocenters. The zero-order valence-corrected chi connectivity index (χ0v) is 22.3. The van der Waals surface area contributed by atoms with E-state index in [-0.39, 0.29) is 18.4 Å². The number of carboxylic acids is 1. The highest BCUT2D eigenvalue weighted by Gasteiger charge is 2.30. The summed E-state index contributed by atoms with van der Waals surface area (Å²) in [4.78, 5) is 24.7. The third kappa shape index (κ3) is 10.4. The lowest BCUT2D eigenvalue weighted by Crippen LogP contribution is -2.10. The number of aromatic nitrogens is 1. The molecule has 8 nitrogen and oxygen atoms in total. The summed E-state index contributed by atoms with van der Waals surface area (Å²) in [5, 5.41) is 12.0. The summed E-state index contributed by atoms with van der Waals surface area (Å²) in [7, 11) is 1.82. The molecule has 3 aromatic rings. The van der Waals surface area contributed by atoms with Gasteiger partial charge in [0.15, 0.2) is 0 Å². The number of rotatable bonds is 12. The number of aliphatic carboxylic acids is 1. The largest absolute Gasteiger partial charge is 0.493 e. The number of aryl methyl sites for hydroxylation is 2. The van der Waals surface area contributed by atoms with Crippen molar-refractivity contribution in [3.63, 3.8) is 0 Å². The van der Waals surface area contributed by atoms with Gasteiger partial charge in [-0.25, -0.2) is 4.98 Å². The first-order valence-electron chi connectivity index (χ1n) is 12.3. The van der Waals surface area contributed by atoms with Crippen molar-refractivity contribution >= 4 is 12.4 Å². The fourth-order valence-electron chi connectivity index (χ4n) is 3.49. The first kappa shape index (κ1) is 31.4. The van der Waals surface area contributed by atoms with Gasteiger partial charge in [0.25, 0.3) is 6.47 Å². The maximum absolute atomic E-state index is 12.7. The van der Waals surface area contributed by atoms with Crippen LogP contribution in [0.15, 0.2) is 46.9 Å². The molecule has 0 aliphatic carbocycles. The third-order valence-electron chi connectivity index (χ3n) is 5.44. The SMILES string of the molecule is CC(C)OC=O.CNCc1cc(OCCc2nc(-c3ccc(C(F)(F)F)cc3)oc2C)ccc1CCC(=O)O. The maximum Gasteiger partial charge on any atom is 0.416 e. The molecule has 0 atom stereocenters. The molecule has 39 heavy (non-hydrogen) atoms. The number of carbonyl (C=O) groups is 2. The normalized spacial score (nSPS) is 11.1. The number of nitrogens with zero attached hydrogens (tertiary/aromatic N) is 1. The Balaban J connectivity index is 0.000000798. The van der Waals surface area contributed by atoms with Crippen molar-refractivity contribution in [3.8, 4) is 17.2 Å². The molecule has 11 heteroatoms. The van der Waals surface area contributed by atoms with Crippen molar-refractivity contribution in [2.75, 3.05) is 13.7 Å². The highest BCUT2D eigenvalue weighted by molar-refractivity contribution is 5.67. The molecule has 0 aliphatic rings. The lowest BCUT2D eigenvalue weighted by Gasteiger charge is -2.12. The van der Waals surface area contributed by atoms with Crippen molar-refractivity contribution in [3.05, 3.63) is 70.6 Å². The molecule has 1 heterocycles. The number of carbonyl (C=O) groups excluding carboxylic acids is 1. The average molecular weight is 551 g/mol. The zero-order valence-electron chi connectivity index (χ0n) is 22.3. The lowest BCUT2D eigenvalue weighted by atomic mass is 10.0. The Morgan fingerprint density at radius 3 is 2.36 bits per heavy atom. The zero-order chi connectivity index (χ0) is 29.0. The van der Waals surface area contributed by atoms with Gasteiger partial charge >= 0.3 is 12.1 Å². The maximum atomic E-state index is 12.7. The molecule has 0 fully saturated rings. The molecule has 2 aromatic carbocycles. The molecule has 0 saturated carbocycles. The Hall–Kier alpha value is -3.86. The molecule has 0 saturated heterocycles. The second kappa shape index (κ2) is 14.9. The van der Waals surface area contributed by atoms with E-state index in [1.807, 2.05) is 19.2 Å². The van der Waals surface area contributed by atoms with Gasteiger partial charge in [0.1, 0.15) is 11.5 Å². The Bertz CT molecular complexity index is 1210. The minimum Gasteiger partial charge on any atom is -0.493 e. The van der Waals surface area contributed by atoms with E-state index in [2.05, 4.69) is 15.0 Å². The quantitative estimate of drug-likeness (QED) is 0.281. The van der Waals surface area contributed by atoms with Gasteiger partial charge in [0.05, 0.1) is 24.0 Å². The first-order chi connectivity index (χ1) is 18.4. The molecular weight excluding hydrogens is 517 g/mol. The first-order valence-corrected chi connectivity index (χ1v) is 12.3. The number of halogens is 3. The van der Waals surface area contributed by atoms with Gasteiger partial charge in [0, 0.05) is 24.9 Å². The fraction of sp³-hybridized carbons (Fsp3) is 0.393. The van der Waals surface area contributed by atoms with Gasteiger partial charge in [-0.2, -0.15) is 13.2 Å². The second-order valence-corrected chi connectivity index (χ2v) is 8.83. The van der Waals surface area contributed by atoms with E-state index in [4.69, 9.17) is 14.3 Å². The van der Waals surface area contributed by atoms with Crippen LogP contribution >= 0.6 is 0 Å². The van der Waals surface area contributed by atoms with Gasteiger partial charge in [-0.05, 0) is 81.8 Å². The smallest absolute Gasteiger partial charge is 0.416 e. The predicted octanol–water partition coefficient (Wildman–Crippen LogP) is 5.59. The Morgan fingerprint density at radius 1 is 1.13 bits per heavy atom. The van der Waals surface area contributed by atoms with Crippen LogP contribution in [-0.2, 0) is 39.9 Å². The number of benzene rings is 2. The van der Waals surface area contributed by atoms with Gasteiger partial charge in [-0.15, -0.1) is 0 Å². The summed E-state index contributed by atoms with van der Waals surface area (Å²) >= 11 is 0. The Labute approximate surface area is 225 Å². The van der Waals surface area contributed by atoms with Gasteiger partial charge in [-0.3, -0.25) is 9.59 Å². The van der Waals surface area contributed by atoms with Gasteiger partial charge in [-0.1, -0.05) is 6.07 Å². The van der Waals surface area contributed by atoms with E-state index >= 15 is 0 Å². The monoisotopic (exact) mass is 550 g/mol. The molecular formula is C28H33F3N2O6. The highest BCUT2D eigenvalue weighted by atomic mass is 19.4. The van der Waals surface area contributed by atoms with Crippen LogP contribution in [0, 0.1) is 6.92 Å². The summed E-state index contributed by atoms with van der Waals surface area (Å²) in [6, 6.07) is 10.2. The van der Waals surface area contributed by atoms with Crippen LogP contribution in [0.3, 0.4) is 0 Å². The number of hydrogen-bond donors (Lipinski definition) is 2. The number of carboxylic acid groups (broad SMARTS) is 1. The van der Waals surface area contributed by atoms with Crippen LogP contribution < -0.4 is 10.1 Å². The van der Waals surface area contributed by atoms with Crippen molar-refractivity contribution in [1.29, 1.82) is 0 Å². The Morgan fingerprint density at radius 2 is 1.82 bits per heavy atom. The number of hydrogen-bond acceptors (Lipinski definition) is 7. The van der Waals surface area contributed by atoms with Gasteiger partial charge in [0.2, 0.25) is 5.89 Å². The Kier molecular flexibility index (Phi) is 12.0. The fourth-order valence-corrected chi connectivity index (χ4v) is 3.49. The number of oxazole rings is 1.